The third-order valence-electron chi connectivity index (χ3n) is 4.59. The number of carbonyl (C=O) groups excluding carboxylic acids is 1. The van der Waals surface area contributed by atoms with Crippen molar-refractivity contribution in [1.29, 1.82) is 0 Å². The minimum Gasteiger partial charge on any atom is -0.340 e. The summed E-state index contributed by atoms with van der Waals surface area (Å²) in [6, 6.07) is 0. The maximum Gasteiger partial charge on any atom is 0.223 e. The van der Waals surface area contributed by atoms with Crippen LogP contribution >= 0.6 is 24.8 Å². The Morgan fingerprint density at radius 3 is 2.62 bits per heavy atom. The zero-order chi connectivity index (χ0) is 15.4. The first-order chi connectivity index (χ1) is 10.7. The van der Waals surface area contributed by atoms with Crippen LogP contribution in [0.5, 0.6) is 0 Å². The summed E-state index contributed by atoms with van der Waals surface area (Å²) < 4.78 is 4.99. The molecule has 138 valence electrons. The van der Waals surface area contributed by atoms with Gasteiger partial charge in [0.15, 0.2) is 5.82 Å². The number of carbonyl (C=O) groups is 1. The van der Waals surface area contributed by atoms with Crippen LogP contribution in [-0.4, -0.2) is 65.1 Å². The molecule has 1 unspecified atom stereocenters. The zero-order valence-corrected chi connectivity index (χ0v) is 15.7. The fourth-order valence-electron chi connectivity index (χ4n) is 3.21. The van der Waals surface area contributed by atoms with Crippen LogP contribution < -0.4 is 5.32 Å². The van der Waals surface area contributed by atoms with Gasteiger partial charge in [0, 0.05) is 39.5 Å². The van der Waals surface area contributed by atoms with Crippen molar-refractivity contribution in [2.45, 2.75) is 32.7 Å². The standard InChI is InChI=1S/C15H25N5O2.2ClH/c1-12-17-14(18-22-12)11-19-6-8-20(9-7-19)15(21)3-2-13-4-5-16-10-13;;/h13,16H,2-11H2,1H3;2*1H. The molecule has 1 N–H and O–H groups in total. The Kier molecular flexibility index (Phi) is 8.97. The zero-order valence-electron chi connectivity index (χ0n) is 14.1. The van der Waals surface area contributed by atoms with Crippen LogP contribution in [0.4, 0.5) is 0 Å². The van der Waals surface area contributed by atoms with E-state index in [0.717, 1.165) is 51.5 Å². The summed E-state index contributed by atoms with van der Waals surface area (Å²) in [4.78, 5) is 20.8. The number of halogens is 2. The van der Waals surface area contributed by atoms with Gasteiger partial charge in [-0.2, -0.15) is 4.98 Å². The predicted molar refractivity (Wildman–Crippen MR) is 95.6 cm³/mol. The Morgan fingerprint density at radius 2 is 2.04 bits per heavy atom. The summed E-state index contributed by atoms with van der Waals surface area (Å²) >= 11 is 0. The van der Waals surface area contributed by atoms with Crippen molar-refractivity contribution >= 4 is 30.7 Å². The van der Waals surface area contributed by atoms with Crippen LogP contribution in [0.25, 0.3) is 0 Å². The SMILES string of the molecule is Cc1nc(CN2CCN(C(=O)CCC3CCNC3)CC2)no1.Cl.Cl. The smallest absolute Gasteiger partial charge is 0.223 e. The highest BCUT2D eigenvalue weighted by atomic mass is 35.5. The number of amides is 1. The van der Waals surface area contributed by atoms with Crippen molar-refractivity contribution in [3.63, 3.8) is 0 Å². The number of aryl methyl sites for hydroxylation is 1. The normalized spacial score (nSPS) is 21.2. The first-order valence-corrected chi connectivity index (χ1v) is 8.21. The number of piperazine rings is 1. The van der Waals surface area contributed by atoms with Gasteiger partial charge in [-0.05, 0) is 31.8 Å². The lowest BCUT2D eigenvalue weighted by molar-refractivity contribution is -0.133. The molecule has 0 aliphatic carbocycles. The lowest BCUT2D eigenvalue weighted by Crippen LogP contribution is -2.48. The average molecular weight is 380 g/mol. The maximum atomic E-state index is 12.3. The van der Waals surface area contributed by atoms with E-state index < -0.39 is 0 Å². The van der Waals surface area contributed by atoms with Crippen LogP contribution in [0.3, 0.4) is 0 Å². The van der Waals surface area contributed by atoms with Gasteiger partial charge in [0.1, 0.15) is 0 Å². The highest BCUT2D eigenvalue weighted by Gasteiger charge is 2.23. The van der Waals surface area contributed by atoms with E-state index in [1.807, 2.05) is 4.90 Å². The molecule has 3 rings (SSSR count). The topological polar surface area (TPSA) is 74.5 Å². The van der Waals surface area contributed by atoms with Crippen LogP contribution in [-0.2, 0) is 11.3 Å². The second-order valence-electron chi connectivity index (χ2n) is 6.28. The first-order valence-electron chi connectivity index (χ1n) is 8.21. The third kappa shape index (κ3) is 5.88. The molecule has 2 aliphatic heterocycles. The molecule has 2 aliphatic rings. The minimum atomic E-state index is 0. The second-order valence-corrected chi connectivity index (χ2v) is 6.28. The molecular weight excluding hydrogens is 353 g/mol. The molecule has 9 heteroatoms. The number of nitrogens with zero attached hydrogens (tertiary/aromatic N) is 4. The lowest BCUT2D eigenvalue weighted by Gasteiger charge is -2.34. The minimum absolute atomic E-state index is 0. The number of nitrogens with one attached hydrogen (secondary N) is 1. The van der Waals surface area contributed by atoms with Crippen molar-refractivity contribution < 1.29 is 9.32 Å². The van der Waals surface area contributed by atoms with Crippen LogP contribution in [0.15, 0.2) is 4.52 Å². The summed E-state index contributed by atoms with van der Waals surface area (Å²) in [5.41, 5.74) is 0. The molecule has 24 heavy (non-hydrogen) atoms. The van der Waals surface area contributed by atoms with Gasteiger partial charge in [-0.1, -0.05) is 5.16 Å². The van der Waals surface area contributed by atoms with Gasteiger partial charge in [-0.15, -0.1) is 24.8 Å². The van der Waals surface area contributed by atoms with Gasteiger partial charge in [-0.25, -0.2) is 0 Å². The van der Waals surface area contributed by atoms with Crippen molar-refractivity contribution in [2.24, 2.45) is 5.92 Å². The monoisotopic (exact) mass is 379 g/mol. The van der Waals surface area contributed by atoms with Crippen molar-refractivity contribution in [1.82, 2.24) is 25.3 Å². The molecule has 1 atom stereocenters. The van der Waals surface area contributed by atoms with Gasteiger partial charge >= 0.3 is 0 Å². The van der Waals surface area contributed by atoms with E-state index in [0.29, 0.717) is 30.7 Å². The first kappa shape index (κ1) is 21.2. The van der Waals surface area contributed by atoms with Crippen LogP contribution in [0.1, 0.15) is 31.0 Å². The fourth-order valence-corrected chi connectivity index (χ4v) is 3.21. The largest absolute Gasteiger partial charge is 0.340 e. The van der Waals surface area contributed by atoms with Gasteiger partial charge in [0.25, 0.3) is 0 Å². The molecule has 7 nitrogen and oxygen atoms in total. The van der Waals surface area contributed by atoms with Gasteiger partial charge < -0.3 is 14.7 Å². The summed E-state index contributed by atoms with van der Waals surface area (Å²) in [5, 5.41) is 7.28. The highest BCUT2D eigenvalue weighted by molar-refractivity contribution is 5.85. The molecule has 0 saturated carbocycles. The highest BCUT2D eigenvalue weighted by Crippen LogP contribution is 2.16. The van der Waals surface area contributed by atoms with Gasteiger partial charge in [-0.3, -0.25) is 9.69 Å². The van der Waals surface area contributed by atoms with E-state index in [1.165, 1.54) is 6.42 Å². The Bertz CT molecular complexity index is 500. The molecule has 2 saturated heterocycles. The summed E-state index contributed by atoms with van der Waals surface area (Å²) in [5.74, 6) is 2.32. The molecule has 0 radical (unpaired) electrons. The molecule has 3 heterocycles. The van der Waals surface area contributed by atoms with Crippen LogP contribution in [0.2, 0.25) is 0 Å². The van der Waals surface area contributed by atoms with Crippen molar-refractivity contribution in [3.05, 3.63) is 11.7 Å². The number of hydrogen-bond acceptors (Lipinski definition) is 6. The summed E-state index contributed by atoms with van der Waals surface area (Å²) in [6.45, 7) is 8.05. The van der Waals surface area contributed by atoms with E-state index in [1.54, 1.807) is 6.92 Å². The predicted octanol–water partition coefficient (Wildman–Crippen LogP) is 1.26. The Labute approximate surface area is 155 Å². The summed E-state index contributed by atoms with van der Waals surface area (Å²) in [7, 11) is 0. The number of rotatable bonds is 5. The average Bonchev–Trinajstić information content (AvgIpc) is 3.17. The van der Waals surface area contributed by atoms with E-state index in [4.69, 9.17) is 4.52 Å². The number of aromatic nitrogens is 2. The molecule has 1 aromatic heterocycles. The quantitative estimate of drug-likeness (QED) is 0.829. The molecule has 0 spiro atoms. The second kappa shape index (κ2) is 10.2. The van der Waals surface area contributed by atoms with Crippen molar-refractivity contribution in [3.8, 4) is 0 Å². The van der Waals surface area contributed by atoms with Gasteiger partial charge in [0.05, 0.1) is 6.54 Å². The van der Waals surface area contributed by atoms with E-state index in [-0.39, 0.29) is 24.8 Å². The molecular formula is C15H27Cl2N5O2. The molecule has 2 fully saturated rings. The van der Waals surface area contributed by atoms with E-state index >= 15 is 0 Å². The maximum absolute atomic E-state index is 12.3. The van der Waals surface area contributed by atoms with Gasteiger partial charge in [0.2, 0.25) is 11.8 Å². The Morgan fingerprint density at radius 1 is 1.29 bits per heavy atom. The fraction of sp³-hybridized carbons (Fsp3) is 0.800. The van der Waals surface area contributed by atoms with Crippen molar-refractivity contribution in [2.75, 3.05) is 39.3 Å². The molecule has 1 aromatic rings. The molecule has 0 aromatic carbocycles. The van der Waals surface area contributed by atoms with E-state index in [2.05, 4.69) is 20.4 Å². The number of hydrogen-bond donors (Lipinski definition) is 1. The summed E-state index contributed by atoms with van der Waals surface area (Å²) in [6.07, 6.45) is 2.93. The van der Waals surface area contributed by atoms with Crippen LogP contribution in [0, 0.1) is 12.8 Å². The Hall–Kier alpha value is -0.890. The third-order valence-corrected chi connectivity index (χ3v) is 4.59. The molecule has 0 bridgehead atoms. The Balaban J connectivity index is 0.00000144. The van der Waals surface area contributed by atoms with E-state index in [9.17, 15) is 4.79 Å². The lowest BCUT2D eigenvalue weighted by atomic mass is 10.0. The molecule has 1 amide bonds.